The van der Waals surface area contributed by atoms with Crippen LogP contribution in [0.1, 0.15) is 23.1 Å². The minimum absolute atomic E-state index is 0.840. The van der Waals surface area contributed by atoms with Crippen molar-refractivity contribution in [2.75, 3.05) is 18.5 Å². The molecule has 0 saturated heterocycles. The Kier molecular flexibility index (Phi) is 5.63. The zero-order chi connectivity index (χ0) is 13.7. The van der Waals surface area contributed by atoms with Gasteiger partial charge in [-0.3, -0.25) is 0 Å². The number of rotatable bonds is 7. The zero-order valence-corrected chi connectivity index (χ0v) is 13.5. The molecule has 0 aliphatic carbocycles. The lowest BCUT2D eigenvalue weighted by molar-refractivity contribution is 0.681. The molecule has 0 aromatic carbocycles. The standard InChI is InChI=1S/C13H18ClN3S2/c1-3-6-15-7-11-8-16-13(19-11)17(2)9-10-4-5-12(14)18-10/h4-5,8,15H,3,6-7,9H2,1-2H3. The molecule has 0 aliphatic heterocycles. The number of aromatic nitrogens is 1. The Bertz CT molecular complexity index is 509. The first-order valence-electron chi connectivity index (χ1n) is 6.30. The van der Waals surface area contributed by atoms with Crippen LogP contribution >= 0.6 is 34.3 Å². The van der Waals surface area contributed by atoms with Crippen molar-refractivity contribution in [3.8, 4) is 0 Å². The monoisotopic (exact) mass is 315 g/mol. The van der Waals surface area contributed by atoms with Gasteiger partial charge in [-0.15, -0.1) is 22.7 Å². The quantitative estimate of drug-likeness (QED) is 0.783. The summed E-state index contributed by atoms with van der Waals surface area (Å²) in [6, 6.07) is 4.01. The Hall–Kier alpha value is -0.620. The Morgan fingerprint density at radius 3 is 2.84 bits per heavy atom. The zero-order valence-electron chi connectivity index (χ0n) is 11.1. The summed E-state index contributed by atoms with van der Waals surface area (Å²) in [7, 11) is 2.07. The fourth-order valence-corrected chi connectivity index (χ4v) is 3.66. The van der Waals surface area contributed by atoms with E-state index in [0.717, 1.165) is 35.5 Å². The van der Waals surface area contributed by atoms with E-state index in [1.807, 2.05) is 12.3 Å². The van der Waals surface area contributed by atoms with Crippen LogP contribution in [-0.4, -0.2) is 18.6 Å². The van der Waals surface area contributed by atoms with E-state index in [-0.39, 0.29) is 0 Å². The molecule has 0 fully saturated rings. The van der Waals surface area contributed by atoms with Crippen molar-refractivity contribution in [2.45, 2.75) is 26.4 Å². The molecular weight excluding hydrogens is 298 g/mol. The number of hydrogen-bond acceptors (Lipinski definition) is 5. The molecule has 2 rings (SSSR count). The van der Waals surface area contributed by atoms with Gasteiger partial charge in [0.1, 0.15) is 0 Å². The number of nitrogens with one attached hydrogen (secondary N) is 1. The first kappa shape index (κ1) is 14.8. The lowest BCUT2D eigenvalue weighted by atomic mass is 10.4. The number of anilines is 1. The molecule has 0 atom stereocenters. The topological polar surface area (TPSA) is 28.2 Å². The number of halogens is 1. The molecule has 104 valence electrons. The second-order valence-electron chi connectivity index (χ2n) is 4.35. The summed E-state index contributed by atoms with van der Waals surface area (Å²) in [5.41, 5.74) is 0. The van der Waals surface area contributed by atoms with E-state index < -0.39 is 0 Å². The third-order valence-corrected chi connectivity index (χ3v) is 4.94. The van der Waals surface area contributed by atoms with Gasteiger partial charge in [0, 0.05) is 29.5 Å². The van der Waals surface area contributed by atoms with E-state index in [2.05, 4.69) is 35.2 Å². The molecule has 0 amide bonds. The van der Waals surface area contributed by atoms with Gasteiger partial charge in [0.05, 0.1) is 10.9 Å². The predicted octanol–water partition coefficient (Wildman–Crippen LogP) is 3.99. The second-order valence-corrected chi connectivity index (χ2v) is 7.24. The van der Waals surface area contributed by atoms with E-state index in [0.29, 0.717) is 0 Å². The van der Waals surface area contributed by atoms with Crippen LogP contribution in [0.25, 0.3) is 0 Å². The molecule has 0 radical (unpaired) electrons. The highest BCUT2D eigenvalue weighted by molar-refractivity contribution is 7.16. The Labute approximate surface area is 127 Å². The van der Waals surface area contributed by atoms with Crippen LogP contribution in [0.5, 0.6) is 0 Å². The molecule has 6 heteroatoms. The number of thiazole rings is 1. The fourth-order valence-electron chi connectivity index (χ4n) is 1.68. The van der Waals surface area contributed by atoms with E-state index >= 15 is 0 Å². The average Bonchev–Trinajstić information content (AvgIpc) is 2.99. The maximum atomic E-state index is 5.94. The van der Waals surface area contributed by atoms with Crippen LogP contribution in [0.4, 0.5) is 5.13 Å². The van der Waals surface area contributed by atoms with Crippen LogP contribution < -0.4 is 10.2 Å². The first-order chi connectivity index (χ1) is 9.19. The van der Waals surface area contributed by atoms with Crippen molar-refractivity contribution < 1.29 is 0 Å². The van der Waals surface area contributed by atoms with Crippen molar-refractivity contribution in [1.29, 1.82) is 0 Å². The van der Waals surface area contributed by atoms with Gasteiger partial charge in [0.2, 0.25) is 0 Å². The van der Waals surface area contributed by atoms with Crippen molar-refractivity contribution >= 4 is 39.4 Å². The lowest BCUT2D eigenvalue weighted by Crippen LogP contribution is -2.15. The maximum absolute atomic E-state index is 5.94. The second kappa shape index (κ2) is 7.24. The first-order valence-corrected chi connectivity index (χ1v) is 8.31. The summed E-state index contributed by atoms with van der Waals surface area (Å²) in [6.45, 7) is 4.98. The molecule has 0 saturated carbocycles. The van der Waals surface area contributed by atoms with Gasteiger partial charge in [-0.05, 0) is 25.1 Å². The number of thiophene rings is 1. The molecule has 3 nitrogen and oxygen atoms in total. The molecule has 2 aromatic rings. The normalized spacial score (nSPS) is 10.9. The van der Waals surface area contributed by atoms with Gasteiger partial charge in [0.25, 0.3) is 0 Å². The molecule has 0 unspecified atom stereocenters. The van der Waals surface area contributed by atoms with Gasteiger partial charge in [-0.25, -0.2) is 4.98 Å². The Balaban J connectivity index is 1.90. The molecule has 2 heterocycles. The summed E-state index contributed by atoms with van der Waals surface area (Å²) in [5.74, 6) is 0. The van der Waals surface area contributed by atoms with E-state index in [4.69, 9.17) is 11.6 Å². The summed E-state index contributed by atoms with van der Waals surface area (Å²) in [6.07, 6.45) is 3.12. The third kappa shape index (κ3) is 4.45. The van der Waals surface area contributed by atoms with Gasteiger partial charge >= 0.3 is 0 Å². The highest BCUT2D eigenvalue weighted by Crippen LogP contribution is 2.26. The molecule has 0 bridgehead atoms. The SMILES string of the molecule is CCCNCc1cnc(N(C)Cc2ccc(Cl)s2)s1. The van der Waals surface area contributed by atoms with Crippen molar-refractivity contribution in [3.63, 3.8) is 0 Å². The Morgan fingerprint density at radius 1 is 1.32 bits per heavy atom. The Morgan fingerprint density at radius 2 is 2.16 bits per heavy atom. The van der Waals surface area contributed by atoms with Gasteiger partial charge in [-0.2, -0.15) is 0 Å². The van der Waals surface area contributed by atoms with E-state index in [1.165, 1.54) is 9.75 Å². The summed E-state index contributed by atoms with van der Waals surface area (Å²) < 4.78 is 0.840. The fraction of sp³-hybridized carbons (Fsp3) is 0.462. The van der Waals surface area contributed by atoms with Gasteiger partial charge in [-0.1, -0.05) is 18.5 Å². The average molecular weight is 316 g/mol. The molecule has 1 N–H and O–H groups in total. The van der Waals surface area contributed by atoms with Crippen LogP contribution in [-0.2, 0) is 13.1 Å². The summed E-state index contributed by atoms with van der Waals surface area (Å²) >= 11 is 9.31. The van der Waals surface area contributed by atoms with Crippen molar-refractivity contribution in [1.82, 2.24) is 10.3 Å². The maximum Gasteiger partial charge on any atom is 0.185 e. The molecule has 19 heavy (non-hydrogen) atoms. The highest BCUT2D eigenvalue weighted by Gasteiger charge is 2.08. The van der Waals surface area contributed by atoms with Crippen LogP contribution in [0.3, 0.4) is 0 Å². The van der Waals surface area contributed by atoms with Crippen molar-refractivity contribution in [2.24, 2.45) is 0 Å². The molecular formula is C13H18ClN3S2. The van der Waals surface area contributed by atoms with Crippen molar-refractivity contribution in [3.05, 3.63) is 32.4 Å². The predicted molar refractivity (Wildman–Crippen MR) is 85.5 cm³/mol. The largest absolute Gasteiger partial charge is 0.346 e. The minimum Gasteiger partial charge on any atom is -0.346 e. The molecule has 2 aromatic heterocycles. The van der Waals surface area contributed by atoms with Gasteiger partial charge in [0.15, 0.2) is 5.13 Å². The van der Waals surface area contributed by atoms with E-state index in [1.54, 1.807) is 22.7 Å². The minimum atomic E-state index is 0.840. The smallest absolute Gasteiger partial charge is 0.185 e. The van der Waals surface area contributed by atoms with Crippen LogP contribution in [0.2, 0.25) is 4.34 Å². The number of hydrogen-bond donors (Lipinski definition) is 1. The highest BCUT2D eigenvalue weighted by atomic mass is 35.5. The third-order valence-electron chi connectivity index (χ3n) is 2.62. The molecule has 0 spiro atoms. The molecule has 0 aliphatic rings. The number of nitrogens with zero attached hydrogens (tertiary/aromatic N) is 2. The van der Waals surface area contributed by atoms with Crippen LogP contribution in [0, 0.1) is 0 Å². The lowest BCUT2D eigenvalue weighted by Gasteiger charge is -2.13. The summed E-state index contributed by atoms with van der Waals surface area (Å²) in [4.78, 5) is 9.17. The summed E-state index contributed by atoms with van der Waals surface area (Å²) in [5, 5.41) is 4.45. The van der Waals surface area contributed by atoms with Gasteiger partial charge < -0.3 is 10.2 Å². The van der Waals surface area contributed by atoms with Crippen LogP contribution in [0.15, 0.2) is 18.3 Å². The van der Waals surface area contributed by atoms with E-state index in [9.17, 15) is 0 Å².